The van der Waals surface area contributed by atoms with Crippen molar-refractivity contribution >= 4 is 40.5 Å². The molecule has 0 radical (unpaired) electrons. The van der Waals surface area contributed by atoms with Gasteiger partial charge in [0.1, 0.15) is 16.1 Å². The number of oxazole rings is 1. The van der Waals surface area contributed by atoms with E-state index >= 15 is 0 Å². The quantitative estimate of drug-likeness (QED) is 0.621. The van der Waals surface area contributed by atoms with Gasteiger partial charge in [-0.2, -0.15) is 4.98 Å². The first-order valence-electron chi connectivity index (χ1n) is 11.1. The Kier molecular flexibility index (Phi) is 5.27. The van der Waals surface area contributed by atoms with Crippen molar-refractivity contribution < 1.29 is 18.7 Å². The normalized spacial score (nSPS) is 20.4. The summed E-state index contributed by atoms with van der Waals surface area (Å²) in [5.74, 6) is -0.191. The fourth-order valence-corrected chi connectivity index (χ4v) is 5.27. The number of thiazole rings is 1. The van der Waals surface area contributed by atoms with Crippen LogP contribution in [-0.2, 0) is 4.74 Å². The van der Waals surface area contributed by atoms with E-state index < -0.39 is 5.60 Å². The number of hydrogen-bond acceptors (Lipinski definition) is 8. The van der Waals surface area contributed by atoms with Gasteiger partial charge in [0.25, 0.3) is 11.9 Å². The molecule has 1 N–H and O–H groups in total. The van der Waals surface area contributed by atoms with E-state index in [0.29, 0.717) is 35.8 Å². The standard InChI is InChI=1S/C23H27N5O4S/c1-23(2,3)32-22(30)28-14-5-6-15(28)12-27(11-14)21-26-17-10-13(19(29)24-4)9-16(18(17)31-21)20-25-7-8-33-20/h7-10,14-15H,5-6,11-12H2,1-4H3,(H,24,29). The Morgan fingerprint density at radius 2 is 1.94 bits per heavy atom. The van der Waals surface area contributed by atoms with E-state index in [2.05, 4.69) is 15.2 Å². The van der Waals surface area contributed by atoms with Gasteiger partial charge in [0, 0.05) is 37.3 Å². The molecule has 2 aromatic heterocycles. The van der Waals surface area contributed by atoms with Crippen LogP contribution in [0.5, 0.6) is 0 Å². The lowest BCUT2D eigenvalue weighted by Crippen LogP contribution is -2.56. The van der Waals surface area contributed by atoms with Gasteiger partial charge in [-0.3, -0.25) is 9.69 Å². The van der Waals surface area contributed by atoms with Crippen LogP contribution < -0.4 is 10.2 Å². The molecule has 9 nitrogen and oxygen atoms in total. The molecule has 10 heteroatoms. The van der Waals surface area contributed by atoms with Gasteiger partial charge in [-0.1, -0.05) is 0 Å². The third kappa shape index (κ3) is 4.03. The average Bonchev–Trinajstić information content (AvgIpc) is 3.49. The van der Waals surface area contributed by atoms with Crippen LogP contribution in [0, 0.1) is 0 Å². The highest BCUT2D eigenvalue weighted by molar-refractivity contribution is 7.13. The topological polar surface area (TPSA) is 101 Å². The van der Waals surface area contributed by atoms with Crippen LogP contribution in [0.3, 0.4) is 0 Å². The van der Waals surface area contributed by atoms with Crippen LogP contribution in [0.15, 0.2) is 28.1 Å². The van der Waals surface area contributed by atoms with E-state index in [4.69, 9.17) is 14.1 Å². The number of rotatable bonds is 3. The molecule has 2 unspecified atom stereocenters. The molecule has 2 aliphatic heterocycles. The number of aromatic nitrogens is 2. The molecular formula is C23H27N5O4S. The molecule has 2 aliphatic rings. The van der Waals surface area contributed by atoms with Gasteiger partial charge in [0.15, 0.2) is 5.58 Å². The number of nitrogens with zero attached hydrogens (tertiary/aromatic N) is 4. The molecule has 0 spiro atoms. The Morgan fingerprint density at radius 3 is 2.55 bits per heavy atom. The Hall–Kier alpha value is -3.14. The number of benzene rings is 1. The Morgan fingerprint density at radius 1 is 1.21 bits per heavy atom. The van der Waals surface area contributed by atoms with Crippen LogP contribution in [0.2, 0.25) is 0 Å². The van der Waals surface area contributed by atoms with Crippen LogP contribution in [0.4, 0.5) is 10.8 Å². The fraction of sp³-hybridized carbons (Fsp3) is 0.478. The minimum absolute atomic E-state index is 0.0495. The minimum Gasteiger partial charge on any atom is -0.444 e. The number of nitrogens with one attached hydrogen (secondary N) is 1. The third-order valence-electron chi connectivity index (χ3n) is 5.99. The minimum atomic E-state index is -0.525. The summed E-state index contributed by atoms with van der Waals surface area (Å²) in [6.45, 7) is 6.90. The maximum atomic E-state index is 12.8. The second kappa shape index (κ2) is 8.02. The molecule has 2 amide bonds. The highest BCUT2D eigenvalue weighted by Gasteiger charge is 2.45. The Bertz CT molecular complexity index is 1190. The molecule has 4 heterocycles. The van der Waals surface area contributed by atoms with Crippen LogP contribution in [0.1, 0.15) is 44.0 Å². The van der Waals surface area contributed by atoms with Gasteiger partial charge in [-0.05, 0) is 45.7 Å². The number of fused-ring (bicyclic) bond motifs is 3. The van der Waals surface area contributed by atoms with Gasteiger partial charge in [-0.15, -0.1) is 11.3 Å². The number of carbonyl (C=O) groups is 2. The largest absolute Gasteiger partial charge is 0.444 e. The second-order valence-corrected chi connectivity index (χ2v) is 10.4. The summed E-state index contributed by atoms with van der Waals surface area (Å²) in [6.07, 6.45) is 3.31. The highest BCUT2D eigenvalue weighted by Crippen LogP contribution is 2.37. The van der Waals surface area contributed by atoms with E-state index in [9.17, 15) is 9.59 Å². The van der Waals surface area contributed by atoms with Gasteiger partial charge in [-0.25, -0.2) is 9.78 Å². The van der Waals surface area contributed by atoms with Gasteiger partial charge < -0.3 is 19.4 Å². The zero-order valence-electron chi connectivity index (χ0n) is 19.1. The zero-order chi connectivity index (χ0) is 23.3. The van der Waals surface area contributed by atoms with Crippen molar-refractivity contribution in [3.05, 3.63) is 29.3 Å². The van der Waals surface area contributed by atoms with E-state index in [-0.39, 0.29) is 24.1 Å². The molecule has 174 valence electrons. The first kappa shape index (κ1) is 21.7. The van der Waals surface area contributed by atoms with Crippen molar-refractivity contribution in [3.63, 3.8) is 0 Å². The molecule has 2 atom stereocenters. The van der Waals surface area contributed by atoms with Crippen molar-refractivity contribution in [2.45, 2.75) is 51.3 Å². The molecule has 1 aromatic carbocycles. The Labute approximate surface area is 195 Å². The monoisotopic (exact) mass is 469 g/mol. The molecule has 0 saturated carbocycles. The van der Waals surface area contributed by atoms with Crippen molar-refractivity contribution in [2.24, 2.45) is 0 Å². The number of anilines is 1. The number of ether oxygens (including phenoxy) is 1. The summed E-state index contributed by atoms with van der Waals surface area (Å²) >= 11 is 1.48. The molecule has 3 aromatic rings. The van der Waals surface area contributed by atoms with Crippen LogP contribution >= 0.6 is 11.3 Å². The number of carbonyl (C=O) groups excluding carboxylic acids is 2. The SMILES string of the molecule is CNC(=O)c1cc(-c2nccs2)c2oc(N3CC4CCC(C3)N4C(=O)OC(C)(C)C)nc2c1. The number of piperazine rings is 1. The van der Waals surface area contributed by atoms with Gasteiger partial charge in [0.2, 0.25) is 0 Å². The maximum Gasteiger partial charge on any atom is 0.410 e. The molecule has 2 fully saturated rings. The first-order valence-corrected chi connectivity index (χ1v) is 11.9. The lowest BCUT2D eigenvalue weighted by Gasteiger charge is -2.40. The van der Waals surface area contributed by atoms with Gasteiger partial charge >= 0.3 is 6.09 Å². The molecular weight excluding hydrogens is 442 g/mol. The summed E-state index contributed by atoms with van der Waals surface area (Å²) in [4.78, 5) is 38.2. The molecule has 2 saturated heterocycles. The summed E-state index contributed by atoms with van der Waals surface area (Å²) in [5.41, 5.74) is 1.94. The fourth-order valence-electron chi connectivity index (χ4n) is 4.62. The average molecular weight is 470 g/mol. The van der Waals surface area contributed by atoms with Crippen molar-refractivity contribution in [3.8, 4) is 10.6 Å². The highest BCUT2D eigenvalue weighted by atomic mass is 32.1. The second-order valence-electron chi connectivity index (χ2n) is 9.46. The summed E-state index contributed by atoms with van der Waals surface area (Å²) in [7, 11) is 1.60. The van der Waals surface area contributed by atoms with Gasteiger partial charge in [0.05, 0.1) is 17.6 Å². The van der Waals surface area contributed by atoms with E-state index in [1.807, 2.05) is 31.1 Å². The molecule has 2 bridgehead atoms. The molecule has 0 aliphatic carbocycles. The van der Waals surface area contributed by atoms with Crippen molar-refractivity contribution in [1.82, 2.24) is 20.2 Å². The van der Waals surface area contributed by atoms with Crippen LogP contribution in [0.25, 0.3) is 21.7 Å². The molecule has 5 rings (SSSR count). The van der Waals surface area contributed by atoms with E-state index in [0.717, 1.165) is 23.4 Å². The van der Waals surface area contributed by atoms with E-state index in [1.165, 1.54) is 11.3 Å². The lowest BCUT2D eigenvalue weighted by molar-refractivity contribution is 0.0120. The van der Waals surface area contributed by atoms with Crippen molar-refractivity contribution in [2.75, 3.05) is 25.0 Å². The smallest absolute Gasteiger partial charge is 0.410 e. The third-order valence-corrected chi connectivity index (χ3v) is 6.79. The van der Waals surface area contributed by atoms with E-state index in [1.54, 1.807) is 25.4 Å². The van der Waals surface area contributed by atoms with Crippen LogP contribution in [-0.4, -0.2) is 64.7 Å². The predicted octanol–water partition coefficient (Wildman–Crippen LogP) is 3.90. The summed E-state index contributed by atoms with van der Waals surface area (Å²) in [5, 5.41) is 5.32. The first-order chi connectivity index (χ1) is 15.7. The van der Waals surface area contributed by atoms with Crippen molar-refractivity contribution in [1.29, 1.82) is 0 Å². The molecule has 33 heavy (non-hydrogen) atoms. The summed E-state index contributed by atoms with van der Waals surface area (Å²) in [6, 6.07) is 4.13. The Balaban J connectivity index is 1.46. The number of hydrogen-bond donors (Lipinski definition) is 1. The number of amides is 2. The predicted molar refractivity (Wildman–Crippen MR) is 126 cm³/mol. The summed E-state index contributed by atoms with van der Waals surface area (Å²) < 4.78 is 11.9. The maximum absolute atomic E-state index is 12.8. The zero-order valence-corrected chi connectivity index (χ0v) is 19.9. The lowest BCUT2D eigenvalue weighted by atomic mass is 10.1.